The quantitative estimate of drug-likeness (QED) is 0.520. The molecule has 0 aromatic heterocycles. The van der Waals surface area contributed by atoms with Gasteiger partial charge >= 0.3 is 68.9 Å². The van der Waals surface area contributed by atoms with Gasteiger partial charge in [-0.15, -0.1) is 0 Å². The second kappa shape index (κ2) is 8.00. The standard InChI is InChI=1S/C18H19NO.Cs/c1-13(19-20)18-12-16-7-6-14-2-4-15(5-3-14)8-10-17(18)11-9-16;/h2-5,9,11-12,20H,6-8,10H2,1H3;/q;+1/p-1/b19-13+;. The van der Waals surface area contributed by atoms with Crippen LogP contribution in [0.1, 0.15) is 34.7 Å². The molecule has 2 nitrogen and oxygen atoms in total. The van der Waals surface area contributed by atoms with E-state index in [2.05, 4.69) is 47.6 Å². The van der Waals surface area contributed by atoms with Gasteiger partial charge in [0.2, 0.25) is 0 Å². The van der Waals surface area contributed by atoms with Crippen LogP contribution < -0.4 is 68.9 Å². The topological polar surface area (TPSA) is 35.4 Å². The molecule has 0 N–H and O–H groups in total. The molecule has 0 heterocycles. The third kappa shape index (κ3) is 4.24. The second-order valence-corrected chi connectivity index (χ2v) is 5.48. The van der Waals surface area contributed by atoms with Crippen molar-refractivity contribution in [2.75, 3.05) is 0 Å². The van der Waals surface area contributed by atoms with Gasteiger partial charge < -0.3 is 10.4 Å². The molecule has 0 spiro atoms. The van der Waals surface area contributed by atoms with Gasteiger partial charge in [-0.2, -0.15) is 0 Å². The van der Waals surface area contributed by atoms with E-state index in [1.54, 1.807) is 6.92 Å². The summed E-state index contributed by atoms with van der Waals surface area (Å²) in [6.07, 6.45) is 3.98. The van der Waals surface area contributed by atoms with Crippen molar-refractivity contribution in [3.63, 3.8) is 0 Å². The van der Waals surface area contributed by atoms with E-state index in [4.69, 9.17) is 0 Å². The van der Waals surface area contributed by atoms with Gasteiger partial charge in [0.05, 0.1) is 0 Å². The minimum absolute atomic E-state index is 0. The van der Waals surface area contributed by atoms with Gasteiger partial charge in [0, 0.05) is 5.71 Å². The van der Waals surface area contributed by atoms with E-state index in [0.29, 0.717) is 5.71 Å². The fraction of sp³-hybridized carbons (Fsp3) is 0.278. The van der Waals surface area contributed by atoms with Crippen LogP contribution in [-0.2, 0) is 25.7 Å². The molecule has 0 radical (unpaired) electrons. The van der Waals surface area contributed by atoms with Gasteiger partial charge in [0.1, 0.15) is 0 Å². The molecule has 0 amide bonds. The van der Waals surface area contributed by atoms with Crippen molar-refractivity contribution in [2.45, 2.75) is 32.6 Å². The number of rotatable bonds is 1. The summed E-state index contributed by atoms with van der Waals surface area (Å²) in [5.74, 6) is 0. The molecule has 3 heteroatoms. The van der Waals surface area contributed by atoms with Crippen LogP contribution >= 0.6 is 0 Å². The number of aryl methyl sites for hydroxylation is 4. The molecular weight excluding hydrogens is 379 g/mol. The molecule has 0 aliphatic heterocycles. The smallest absolute Gasteiger partial charge is 0.792 e. The Kier molecular flexibility index (Phi) is 6.59. The SMILES string of the molecule is C/C(=N\[O-])c1cc2ccc1CCc1ccc(cc1)CC2.[Cs+]. The largest absolute Gasteiger partial charge is 1.00 e. The van der Waals surface area contributed by atoms with Crippen molar-refractivity contribution in [2.24, 2.45) is 5.16 Å². The maximum atomic E-state index is 10.9. The first-order valence-corrected chi connectivity index (χ1v) is 7.13. The third-order valence-corrected chi connectivity index (χ3v) is 4.11. The van der Waals surface area contributed by atoms with E-state index >= 15 is 0 Å². The van der Waals surface area contributed by atoms with Crippen molar-refractivity contribution in [3.05, 3.63) is 75.5 Å². The van der Waals surface area contributed by atoms with Gasteiger partial charge in [-0.3, -0.25) is 0 Å². The zero-order valence-corrected chi connectivity index (χ0v) is 19.0. The maximum Gasteiger partial charge on any atom is 1.00 e. The molecule has 4 aliphatic carbocycles. The summed E-state index contributed by atoms with van der Waals surface area (Å²) in [4.78, 5) is 0. The zero-order valence-electron chi connectivity index (χ0n) is 12.7. The van der Waals surface area contributed by atoms with Crippen LogP contribution in [0.2, 0.25) is 0 Å². The number of benzene rings is 2. The molecule has 0 saturated carbocycles. The van der Waals surface area contributed by atoms with E-state index in [1.165, 1.54) is 22.3 Å². The van der Waals surface area contributed by atoms with Gasteiger partial charge in [-0.25, -0.2) is 0 Å². The number of hydrogen-bond donors (Lipinski definition) is 0. The van der Waals surface area contributed by atoms with Crippen LogP contribution in [0.4, 0.5) is 0 Å². The average molecular weight is 397 g/mol. The van der Waals surface area contributed by atoms with Crippen molar-refractivity contribution in [3.8, 4) is 0 Å². The van der Waals surface area contributed by atoms with Crippen molar-refractivity contribution in [1.82, 2.24) is 0 Å². The Hall–Kier alpha value is -0.0381. The van der Waals surface area contributed by atoms with E-state index in [0.717, 1.165) is 31.2 Å². The Morgan fingerprint density at radius 3 is 2.00 bits per heavy atom. The van der Waals surface area contributed by atoms with Gasteiger partial charge in [-0.1, -0.05) is 36.4 Å². The normalized spacial score (nSPS) is 14.2. The summed E-state index contributed by atoms with van der Waals surface area (Å²) in [6.45, 7) is 1.80. The fourth-order valence-corrected chi connectivity index (χ4v) is 2.82. The summed E-state index contributed by atoms with van der Waals surface area (Å²) in [6, 6.07) is 15.4. The summed E-state index contributed by atoms with van der Waals surface area (Å²) >= 11 is 0. The summed E-state index contributed by atoms with van der Waals surface area (Å²) in [7, 11) is 0. The first kappa shape index (κ1) is 17.3. The molecule has 4 bridgehead atoms. The first-order valence-electron chi connectivity index (χ1n) is 7.13. The van der Waals surface area contributed by atoms with E-state index in [-0.39, 0.29) is 68.9 Å². The summed E-state index contributed by atoms with van der Waals surface area (Å²) in [5.41, 5.74) is 6.82. The molecule has 0 fully saturated rings. The molecule has 6 rings (SSSR count). The molecule has 0 unspecified atom stereocenters. The molecule has 21 heavy (non-hydrogen) atoms. The zero-order chi connectivity index (χ0) is 13.9. The third-order valence-electron chi connectivity index (χ3n) is 4.11. The van der Waals surface area contributed by atoms with Crippen molar-refractivity contribution >= 4 is 5.71 Å². The van der Waals surface area contributed by atoms with Crippen molar-refractivity contribution < 1.29 is 68.9 Å². The monoisotopic (exact) mass is 397 g/mol. The van der Waals surface area contributed by atoms with Crippen LogP contribution in [0.5, 0.6) is 0 Å². The molecule has 2 aromatic rings. The predicted molar refractivity (Wildman–Crippen MR) is 83.3 cm³/mol. The maximum absolute atomic E-state index is 10.9. The Labute approximate surface area is 185 Å². The molecular formula is C18H18CsNO. The molecule has 0 atom stereocenters. The fourth-order valence-electron chi connectivity index (χ4n) is 2.82. The minimum atomic E-state index is 0. The predicted octanol–water partition coefficient (Wildman–Crippen LogP) is 0.881. The van der Waals surface area contributed by atoms with Gasteiger partial charge in [0.15, 0.2) is 0 Å². The Morgan fingerprint density at radius 1 is 0.857 bits per heavy atom. The summed E-state index contributed by atoms with van der Waals surface area (Å²) < 4.78 is 0. The number of nitrogens with zero attached hydrogens (tertiary/aromatic N) is 1. The molecule has 0 saturated heterocycles. The number of hydrogen-bond acceptors (Lipinski definition) is 2. The molecule has 2 aromatic carbocycles. The molecule has 4 aliphatic rings. The summed E-state index contributed by atoms with van der Waals surface area (Å²) in [5, 5.41) is 14.0. The Morgan fingerprint density at radius 2 is 1.38 bits per heavy atom. The average Bonchev–Trinajstić information content (AvgIpc) is 2.49. The van der Waals surface area contributed by atoms with Crippen LogP contribution in [0.15, 0.2) is 47.6 Å². The molecule has 102 valence electrons. The van der Waals surface area contributed by atoms with Crippen LogP contribution in [0, 0.1) is 5.21 Å². The van der Waals surface area contributed by atoms with Gasteiger partial charge in [0.25, 0.3) is 0 Å². The van der Waals surface area contributed by atoms with E-state index in [1.807, 2.05) is 0 Å². The van der Waals surface area contributed by atoms with Gasteiger partial charge in [-0.05, 0) is 66.5 Å². The second-order valence-electron chi connectivity index (χ2n) is 5.48. The van der Waals surface area contributed by atoms with Crippen LogP contribution in [0.3, 0.4) is 0 Å². The van der Waals surface area contributed by atoms with Crippen LogP contribution in [-0.4, -0.2) is 5.71 Å². The van der Waals surface area contributed by atoms with Crippen LogP contribution in [0.25, 0.3) is 0 Å². The minimum Gasteiger partial charge on any atom is -0.792 e. The Bertz CT molecular complexity index is 647. The van der Waals surface area contributed by atoms with E-state index < -0.39 is 0 Å². The van der Waals surface area contributed by atoms with E-state index in [9.17, 15) is 5.21 Å². The van der Waals surface area contributed by atoms with Crippen molar-refractivity contribution in [1.29, 1.82) is 0 Å². The first-order chi connectivity index (χ1) is 9.76. The Balaban J connectivity index is 0.00000161.